The quantitative estimate of drug-likeness (QED) is 0.767. The Bertz CT molecular complexity index is 904. The largest absolute Gasteiger partial charge is 0.373 e. The molecule has 1 N–H and O–H groups in total. The lowest BCUT2D eigenvalue weighted by atomic mass is 10.2. The van der Waals surface area contributed by atoms with Gasteiger partial charge in [-0.3, -0.25) is 4.79 Å². The zero-order valence-electron chi connectivity index (χ0n) is 15.7. The first-order valence-electron chi connectivity index (χ1n) is 9.21. The standard InChI is InChI=1S/C20H24FN3O3S/c1-23(17-6-3-2-4-7-17)15-13-22-20(25)19-8-5-14-24(19)28(26,27)18-11-9-16(21)10-12-18/h2-4,6-7,9-12,19H,5,8,13-15H2,1H3,(H,22,25)/t19-/m0/s1. The lowest BCUT2D eigenvalue weighted by Crippen LogP contribution is -2.47. The first-order chi connectivity index (χ1) is 13.4. The van der Waals surface area contributed by atoms with E-state index in [0.29, 0.717) is 25.9 Å². The fourth-order valence-corrected chi connectivity index (χ4v) is 4.96. The summed E-state index contributed by atoms with van der Waals surface area (Å²) >= 11 is 0. The third kappa shape index (κ3) is 4.51. The van der Waals surface area contributed by atoms with Crippen molar-refractivity contribution in [2.75, 3.05) is 31.6 Å². The SMILES string of the molecule is CN(CCNC(=O)[C@@H]1CCCN1S(=O)(=O)c1ccc(F)cc1)c1ccccc1. The fourth-order valence-electron chi connectivity index (χ4n) is 3.31. The normalized spacial score (nSPS) is 17.4. The Labute approximate surface area is 165 Å². The summed E-state index contributed by atoms with van der Waals surface area (Å²) in [4.78, 5) is 14.6. The van der Waals surface area contributed by atoms with Gasteiger partial charge in [0.2, 0.25) is 15.9 Å². The van der Waals surface area contributed by atoms with Crippen LogP contribution in [0.5, 0.6) is 0 Å². The first-order valence-corrected chi connectivity index (χ1v) is 10.6. The van der Waals surface area contributed by atoms with Crippen molar-refractivity contribution in [2.45, 2.75) is 23.8 Å². The van der Waals surface area contributed by atoms with Crippen LogP contribution in [0.2, 0.25) is 0 Å². The van der Waals surface area contributed by atoms with Crippen LogP contribution in [0, 0.1) is 5.82 Å². The zero-order chi connectivity index (χ0) is 20.1. The second kappa shape index (κ2) is 8.70. The van der Waals surface area contributed by atoms with Crippen LogP contribution >= 0.6 is 0 Å². The number of carbonyl (C=O) groups excluding carboxylic acids is 1. The van der Waals surface area contributed by atoms with Crippen LogP contribution in [0.25, 0.3) is 0 Å². The minimum Gasteiger partial charge on any atom is -0.373 e. The molecular formula is C20H24FN3O3S. The van der Waals surface area contributed by atoms with Gasteiger partial charge in [-0.1, -0.05) is 18.2 Å². The van der Waals surface area contributed by atoms with Crippen LogP contribution in [-0.2, 0) is 14.8 Å². The number of hydrogen-bond donors (Lipinski definition) is 1. The second-order valence-electron chi connectivity index (χ2n) is 6.78. The number of anilines is 1. The van der Waals surface area contributed by atoms with Crippen LogP contribution in [0.1, 0.15) is 12.8 Å². The van der Waals surface area contributed by atoms with E-state index in [1.54, 1.807) is 0 Å². The van der Waals surface area contributed by atoms with E-state index in [0.717, 1.165) is 17.8 Å². The highest BCUT2D eigenvalue weighted by Gasteiger charge is 2.39. The van der Waals surface area contributed by atoms with Crippen molar-refractivity contribution < 1.29 is 17.6 Å². The molecular weight excluding hydrogens is 381 g/mol. The number of nitrogens with one attached hydrogen (secondary N) is 1. The van der Waals surface area contributed by atoms with Crippen molar-refractivity contribution >= 4 is 21.6 Å². The third-order valence-electron chi connectivity index (χ3n) is 4.87. The lowest BCUT2D eigenvalue weighted by molar-refractivity contribution is -0.124. The summed E-state index contributed by atoms with van der Waals surface area (Å²) in [5.41, 5.74) is 1.04. The van der Waals surface area contributed by atoms with Gasteiger partial charge in [0.05, 0.1) is 4.90 Å². The fraction of sp³-hybridized carbons (Fsp3) is 0.350. The number of likely N-dealkylation sites (N-methyl/N-ethyl adjacent to an activating group) is 1. The van der Waals surface area contributed by atoms with Gasteiger partial charge in [0.25, 0.3) is 0 Å². The van der Waals surface area contributed by atoms with Gasteiger partial charge in [-0.05, 0) is 49.2 Å². The van der Waals surface area contributed by atoms with Crippen LogP contribution < -0.4 is 10.2 Å². The Morgan fingerprint density at radius 1 is 1.18 bits per heavy atom. The van der Waals surface area contributed by atoms with Crippen LogP contribution in [0.15, 0.2) is 59.5 Å². The van der Waals surface area contributed by atoms with Gasteiger partial charge in [-0.2, -0.15) is 4.31 Å². The van der Waals surface area contributed by atoms with Crippen molar-refractivity contribution in [1.82, 2.24) is 9.62 Å². The number of hydrogen-bond acceptors (Lipinski definition) is 4. The van der Waals surface area contributed by atoms with E-state index < -0.39 is 21.9 Å². The molecule has 8 heteroatoms. The maximum Gasteiger partial charge on any atom is 0.243 e. The monoisotopic (exact) mass is 405 g/mol. The Hall–Kier alpha value is -2.45. The zero-order valence-corrected chi connectivity index (χ0v) is 16.5. The van der Waals surface area contributed by atoms with Crippen LogP contribution in [0.3, 0.4) is 0 Å². The molecule has 0 unspecified atom stereocenters. The minimum atomic E-state index is -3.84. The summed E-state index contributed by atoms with van der Waals surface area (Å²) < 4.78 is 40.0. The van der Waals surface area contributed by atoms with E-state index in [1.807, 2.05) is 42.3 Å². The van der Waals surface area contributed by atoms with Crippen molar-refractivity contribution in [2.24, 2.45) is 0 Å². The average Bonchev–Trinajstić information content (AvgIpc) is 3.20. The number of benzene rings is 2. The van der Waals surface area contributed by atoms with Gasteiger partial charge in [-0.15, -0.1) is 0 Å². The molecule has 3 rings (SSSR count). The summed E-state index contributed by atoms with van der Waals surface area (Å²) in [6.45, 7) is 1.29. The van der Waals surface area contributed by atoms with Gasteiger partial charge in [0.15, 0.2) is 0 Å². The number of carbonyl (C=O) groups is 1. The summed E-state index contributed by atoms with van der Waals surface area (Å²) in [7, 11) is -1.91. The highest BCUT2D eigenvalue weighted by Crippen LogP contribution is 2.26. The highest BCUT2D eigenvalue weighted by atomic mass is 32.2. The van der Waals surface area contributed by atoms with Gasteiger partial charge in [0.1, 0.15) is 11.9 Å². The molecule has 1 aliphatic heterocycles. The van der Waals surface area contributed by atoms with Gasteiger partial charge in [0, 0.05) is 32.4 Å². The van der Waals surface area contributed by atoms with Crippen LogP contribution in [0.4, 0.5) is 10.1 Å². The van der Waals surface area contributed by atoms with E-state index >= 15 is 0 Å². The Balaban J connectivity index is 1.60. The number of nitrogens with zero attached hydrogens (tertiary/aromatic N) is 2. The number of amides is 1. The van der Waals surface area contributed by atoms with Gasteiger partial charge in [-0.25, -0.2) is 12.8 Å². The minimum absolute atomic E-state index is 0.00240. The molecule has 150 valence electrons. The number of sulfonamides is 1. The molecule has 1 saturated heterocycles. The van der Waals surface area contributed by atoms with E-state index in [9.17, 15) is 17.6 Å². The molecule has 1 amide bonds. The molecule has 6 nitrogen and oxygen atoms in total. The predicted octanol–water partition coefficient (Wildman–Crippen LogP) is 2.23. The first kappa shape index (κ1) is 20.3. The van der Waals surface area contributed by atoms with E-state index in [2.05, 4.69) is 5.32 Å². The molecule has 0 spiro atoms. The highest BCUT2D eigenvalue weighted by molar-refractivity contribution is 7.89. The van der Waals surface area contributed by atoms with Crippen molar-refractivity contribution in [3.05, 3.63) is 60.4 Å². The average molecular weight is 405 g/mol. The third-order valence-corrected chi connectivity index (χ3v) is 6.79. The van der Waals surface area contributed by atoms with Crippen LogP contribution in [-0.4, -0.2) is 51.4 Å². The molecule has 1 atom stereocenters. The molecule has 1 aliphatic rings. The molecule has 28 heavy (non-hydrogen) atoms. The molecule has 0 bridgehead atoms. The van der Waals surface area contributed by atoms with E-state index in [1.165, 1.54) is 16.4 Å². The molecule has 0 saturated carbocycles. The number of para-hydroxylation sites is 1. The van der Waals surface area contributed by atoms with Gasteiger partial charge >= 0.3 is 0 Å². The molecule has 1 fully saturated rings. The van der Waals surface area contributed by atoms with Crippen molar-refractivity contribution in [3.8, 4) is 0 Å². The van der Waals surface area contributed by atoms with E-state index in [4.69, 9.17) is 0 Å². The molecule has 0 aliphatic carbocycles. The second-order valence-corrected chi connectivity index (χ2v) is 8.67. The summed E-state index contributed by atoms with van der Waals surface area (Å²) in [5, 5.41) is 2.84. The molecule has 2 aromatic rings. The maximum absolute atomic E-state index is 13.1. The summed E-state index contributed by atoms with van der Waals surface area (Å²) in [6, 6.07) is 13.7. The lowest BCUT2D eigenvalue weighted by Gasteiger charge is -2.24. The Morgan fingerprint density at radius 2 is 1.86 bits per heavy atom. The van der Waals surface area contributed by atoms with Crippen molar-refractivity contribution in [1.29, 1.82) is 0 Å². The number of rotatable bonds is 7. The smallest absolute Gasteiger partial charge is 0.243 e. The summed E-state index contributed by atoms with van der Waals surface area (Å²) in [5.74, 6) is -0.804. The maximum atomic E-state index is 13.1. The van der Waals surface area contributed by atoms with Gasteiger partial charge < -0.3 is 10.2 Å². The molecule has 2 aromatic carbocycles. The Morgan fingerprint density at radius 3 is 2.54 bits per heavy atom. The molecule has 1 heterocycles. The topological polar surface area (TPSA) is 69.7 Å². The van der Waals surface area contributed by atoms with Crippen molar-refractivity contribution in [3.63, 3.8) is 0 Å². The Kier molecular flexibility index (Phi) is 6.31. The number of halogens is 1. The predicted molar refractivity (Wildman–Crippen MR) is 106 cm³/mol. The van der Waals surface area contributed by atoms with E-state index in [-0.39, 0.29) is 17.3 Å². The molecule has 0 aromatic heterocycles. The molecule has 0 radical (unpaired) electrons. The summed E-state index contributed by atoms with van der Waals surface area (Å²) in [6.07, 6.45) is 1.09.